The van der Waals surface area contributed by atoms with E-state index in [1.54, 1.807) is 11.7 Å². The number of benzene rings is 2. The van der Waals surface area contributed by atoms with Crippen molar-refractivity contribution in [1.29, 1.82) is 0 Å². The highest BCUT2D eigenvalue weighted by molar-refractivity contribution is 5.73. The van der Waals surface area contributed by atoms with Gasteiger partial charge in [-0.15, -0.1) is 0 Å². The number of nitro groups is 1. The van der Waals surface area contributed by atoms with Crippen LogP contribution in [0.4, 0.5) is 11.4 Å². The standard InChI is InChI=1S/C16H14N4O3/c1-18-15(11-5-3-2-4-6-11)14(17)16(21)19(18)12-7-9-13(10-8-12)20(22)23/h2-10H,17H2,1H3. The summed E-state index contributed by atoms with van der Waals surface area (Å²) in [4.78, 5) is 22.7. The molecule has 0 spiro atoms. The van der Waals surface area contributed by atoms with Gasteiger partial charge in [0.1, 0.15) is 5.69 Å². The maximum Gasteiger partial charge on any atom is 0.295 e. The summed E-state index contributed by atoms with van der Waals surface area (Å²) in [5.74, 6) is 0. The number of anilines is 1. The maximum absolute atomic E-state index is 12.5. The normalized spacial score (nSPS) is 10.7. The molecule has 1 aromatic heterocycles. The van der Waals surface area contributed by atoms with Crippen LogP contribution < -0.4 is 11.3 Å². The van der Waals surface area contributed by atoms with Crippen LogP contribution in [0.25, 0.3) is 16.9 Å². The van der Waals surface area contributed by atoms with Crippen molar-refractivity contribution in [3.05, 3.63) is 75.1 Å². The number of rotatable bonds is 3. The number of nitrogens with zero attached hydrogens (tertiary/aromatic N) is 3. The summed E-state index contributed by atoms with van der Waals surface area (Å²) < 4.78 is 3.04. The number of hydrogen-bond acceptors (Lipinski definition) is 4. The molecule has 0 aliphatic carbocycles. The molecule has 2 aromatic carbocycles. The van der Waals surface area contributed by atoms with E-state index in [1.807, 2.05) is 30.3 Å². The van der Waals surface area contributed by atoms with Crippen LogP contribution in [0, 0.1) is 10.1 Å². The lowest BCUT2D eigenvalue weighted by molar-refractivity contribution is -0.384. The Labute approximate surface area is 131 Å². The third-order valence-electron chi connectivity index (χ3n) is 3.65. The Morgan fingerprint density at radius 3 is 2.22 bits per heavy atom. The van der Waals surface area contributed by atoms with Gasteiger partial charge in [0.2, 0.25) is 0 Å². The lowest BCUT2D eigenvalue weighted by atomic mass is 10.1. The molecule has 1 heterocycles. The Bertz CT molecular complexity index is 924. The first-order valence-corrected chi connectivity index (χ1v) is 6.88. The number of aromatic nitrogens is 2. The van der Waals surface area contributed by atoms with Crippen LogP contribution in [0.2, 0.25) is 0 Å². The topological polar surface area (TPSA) is 96.1 Å². The summed E-state index contributed by atoms with van der Waals surface area (Å²) in [5.41, 5.74) is 7.67. The summed E-state index contributed by atoms with van der Waals surface area (Å²) in [6.07, 6.45) is 0. The fraction of sp³-hybridized carbons (Fsp3) is 0.0625. The fourth-order valence-electron chi connectivity index (χ4n) is 2.57. The zero-order valence-corrected chi connectivity index (χ0v) is 12.3. The largest absolute Gasteiger partial charge is 0.392 e. The van der Waals surface area contributed by atoms with Crippen LogP contribution >= 0.6 is 0 Å². The molecule has 3 aromatic rings. The van der Waals surface area contributed by atoms with Gasteiger partial charge in [0, 0.05) is 24.7 Å². The summed E-state index contributed by atoms with van der Waals surface area (Å²) in [6.45, 7) is 0. The monoisotopic (exact) mass is 310 g/mol. The molecule has 0 fully saturated rings. The lowest BCUT2D eigenvalue weighted by Gasteiger charge is -2.10. The molecule has 0 amide bonds. The van der Waals surface area contributed by atoms with Crippen molar-refractivity contribution in [3.63, 3.8) is 0 Å². The molecule has 3 rings (SSSR count). The van der Waals surface area contributed by atoms with E-state index in [0.717, 1.165) is 5.56 Å². The van der Waals surface area contributed by atoms with E-state index < -0.39 is 4.92 Å². The average molecular weight is 310 g/mol. The number of nitrogens with two attached hydrogens (primary N) is 1. The van der Waals surface area contributed by atoms with Gasteiger partial charge < -0.3 is 5.73 Å². The van der Waals surface area contributed by atoms with Crippen molar-refractivity contribution >= 4 is 11.4 Å². The van der Waals surface area contributed by atoms with Crippen LogP contribution in [-0.2, 0) is 7.05 Å². The minimum atomic E-state index is -0.485. The Balaban J connectivity index is 2.18. The van der Waals surface area contributed by atoms with Gasteiger partial charge >= 0.3 is 0 Å². The van der Waals surface area contributed by atoms with Gasteiger partial charge in [-0.2, -0.15) is 0 Å². The Morgan fingerprint density at radius 1 is 1.04 bits per heavy atom. The number of nitro benzene ring substituents is 1. The molecule has 7 heteroatoms. The van der Waals surface area contributed by atoms with Crippen LogP contribution in [-0.4, -0.2) is 14.3 Å². The summed E-state index contributed by atoms with van der Waals surface area (Å²) in [5, 5.41) is 10.7. The predicted molar refractivity (Wildman–Crippen MR) is 87.5 cm³/mol. The van der Waals surface area contributed by atoms with E-state index in [-0.39, 0.29) is 16.9 Å². The molecule has 0 bridgehead atoms. The Kier molecular flexibility index (Phi) is 3.46. The van der Waals surface area contributed by atoms with Crippen molar-refractivity contribution < 1.29 is 4.92 Å². The predicted octanol–water partition coefficient (Wildman–Crippen LogP) is 2.33. The summed E-state index contributed by atoms with van der Waals surface area (Å²) >= 11 is 0. The molecule has 0 radical (unpaired) electrons. The minimum absolute atomic E-state index is 0.0349. The number of non-ortho nitro benzene ring substituents is 1. The third kappa shape index (κ3) is 2.38. The van der Waals surface area contributed by atoms with Gasteiger partial charge in [0.05, 0.1) is 16.3 Å². The molecule has 23 heavy (non-hydrogen) atoms. The van der Waals surface area contributed by atoms with Crippen molar-refractivity contribution in [2.75, 3.05) is 5.73 Å². The molecule has 0 aliphatic heterocycles. The summed E-state index contributed by atoms with van der Waals surface area (Å²) in [7, 11) is 1.72. The van der Waals surface area contributed by atoms with Crippen molar-refractivity contribution in [3.8, 4) is 16.9 Å². The second-order valence-electron chi connectivity index (χ2n) is 5.04. The highest BCUT2D eigenvalue weighted by atomic mass is 16.6. The highest BCUT2D eigenvalue weighted by Crippen LogP contribution is 2.25. The summed E-state index contributed by atoms with van der Waals surface area (Å²) in [6, 6.07) is 15.1. The van der Waals surface area contributed by atoms with Crippen LogP contribution in [0.5, 0.6) is 0 Å². The van der Waals surface area contributed by atoms with Gasteiger partial charge in [0.15, 0.2) is 0 Å². The second-order valence-corrected chi connectivity index (χ2v) is 5.04. The molecule has 0 atom stereocenters. The number of hydrogen-bond donors (Lipinski definition) is 1. The van der Waals surface area contributed by atoms with Gasteiger partial charge in [-0.05, 0) is 12.1 Å². The molecular formula is C16H14N4O3. The molecular weight excluding hydrogens is 296 g/mol. The first-order valence-electron chi connectivity index (χ1n) is 6.88. The van der Waals surface area contributed by atoms with Crippen molar-refractivity contribution in [2.45, 2.75) is 0 Å². The molecule has 7 nitrogen and oxygen atoms in total. The average Bonchev–Trinajstić information content (AvgIpc) is 2.78. The Morgan fingerprint density at radius 2 is 1.65 bits per heavy atom. The Hall–Kier alpha value is -3.35. The zero-order valence-electron chi connectivity index (χ0n) is 12.3. The number of nitrogen functional groups attached to an aromatic ring is 1. The van der Waals surface area contributed by atoms with E-state index in [4.69, 9.17) is 5.73 Å². The van der Waals surface area contributed by atoms with Gasteiger partial charge in [0.25, 0.3) is 11.2 Å². The van der Waals surface area contributed by atoms with E-state index in [0.29, 0.717) is 11.4 Å². The molecule has 0 unspecified atom stereocenters. The van der Waals surface area contributed by atoms with Gasteiger partial charge in [-0.25, -0.2) is 4.68 Å². The SMILES string of the molecule is Cn1c(-c2ccccc2)c(N)c(=O)n1-c1ccc([N+](=O)[O-])cc1. The van der Waals surface area contributed by atoms with E-state index in [9.17, 15) is 14.9 Å². The van der Waals surface area contributed by atoms with Gasteiger partial charge in [-0.3, -0.25) is 19.6 Å². The van der Waals surface area contributed by atoms with Crippen molar-refractivity contribution in [2.24, 2.45) is 7.05 Å². The van der Waals surface area contributed by atoms with Gasteiger partial charge in [-0.1, -0.05) is 30.3 Å². The fourth-order valence-corrected chi connectivity index (χ4v) is 2.57. The van der Waals surface area contributed by atoms with Crippen LogP contribution in [0.3, 0.4) is 0 Å². The highest BCUT2D eigenvalue weighted by Gasteiger charge is 2.18. The van der Waals surface area contributed by atoms with Crippen LogP contribution in [0.15, 0.2) is 59.4 Å². The lowest BCUT2D eigenvalue weighted by Crippen LogP contribution is -2.20. The molecule has 0 saturated carbocycles. The molecule has 116 valence electrons. The second kappa shape index (κ2) is 5.45. The zero-order chi connectivity index (χ0) is 16.6. The van der Waals surface area contributed by atoms with Crippen molar-refractivity contribution in [1.82, 2.24) is 9.36 Å². The maximum atomic E-state index is 12.5. The first kappa shape index (κ1) is 14.6. The van der Waals surface area contributed by atoms with E-state index in [1.165, 1.54) is 28.9 Å². The first-order chi connectivity index (χ1) is 11.0. The molecule has 0 aliphatic rings. The molecule has 0 saturated heterocycles. The smallest absolute Gasteiger partial charge is 0.295 e. The third-order valence-corrected chi connectivity index (χ3v) is 3.65. The van der Waals surface area contributed by atoms with Crippen LogP contribution in [0.1, 0.15) is 0 Å². The van der Waals surface area contributed by atoms with E-state index in [2.05, 4.69) is 0 Å². The van der Waals surface area contributed by atoms with E-state index >= 15 is 0 Å². The quantitative estimate of drug-likeness (QED) is 0.593. The minimum Gasteiger partial charge on any atom is -0.392 e. The molecule has 2 N–H and O–H groups in total.